The SMILES string of the molecule is COc1cc(C(=O)[O-])ccc1OCC(=O)N[C@@H](C)c1ccccc1. The van der Waals surface area contributed by atoms with Gasteiger partial charge in [0.1, 0.15) is 0 Å². The van der Waals surface area contributed by atoms with Crippen LogP contribution in [0.2, 0.25) is 0 Å². The van der Waals surface area contributed by atoms with Gasteiger partial charge in [0.15, 0.2) is 18.1 Å². The quantitative estimate of drug-likeness (QED) is 0.828. The smallest absolute Gasteiger partial charge is 0.258 e. The van der Waals surface area contributed by atoms with E-state index in [1.165, 1.54) is 25.3 Å². The minimum atomic E-state index is -1.31. The lowest BCUT2D eigenvalue weighted by Gasteiger charge is -2.16. The summed E-state index contributed by atoms with van der Waals surface area (Å²) in [4.78, 5) is 22.8. The van der Waals surface area contributed by atoms with Crippen LogP contribution in [0.5, 0.6) is 11.5 Å². The van der Waals surface area contributed by atoms with Crippen LogP contribution in [0, 0.1) is 0 Å². The predicted octanol–water partition coefficient (Wildman–Crippen LogP) is 1.31. The molecule has 0 radical (unpaired) electrons. The molecule has 0 bridgehead atoms. The molecule has 0 saturated heterocycles. The van der Waals surface area contributed by atoms with Gasteiger partial charge in [0.05, 0.1) is 19.1 Å². The van der Waals surface area contributed by atoms with Gasteiger partial charge >= 0.3 is 0 Å². The molecule has 0 aliphatic carbocycles. The summed E-state index contributed by atoms with van der Waals surface area (Å²) in [5, 5.41) is 13.7. The van der Waals surface area contributed by atoms with E-state index in [2.05, 4.69) is 5.32 Å². The maximum Gasteiger partial charge on any atom is 0.258 e. The molecule has 1 amide bonds. The Bertz CT molecular complexity index is 715. The zero-order valence-corrected chi connectivity index (χ0v) is 13.4. The van der Waals surface area contributed by atoms with E-state index in [0.717, 1.165) is 5.56 Å². The van der Waals surface area contributed by atoms with Gasteiger partial charge in [-0.3, -0.25) is 4.79 Å². The van der Waals surface area contributed by atoms with Crippen LogP contribution in [-0.4, -0.2) is 25.6 Å². The molecule has 0 aliphatic rings. The summed E-state index contributed by atoms with van der Waals surface area (Å²) >= 11 is 0. The summed E-state index contributed by atoms with van der Waals surface area (Å²) < 4.78 is 10.5. The first-order valence-corrected chi connectivity index (χ1v) is 7.37. The van der Waals surface area contributed by atoms with Crippen molar-refractivity contribution >= 4 is 11.9 Å². The highest BCUT2D eigenvalue weighted by Gasteiger charge is 2.12. The first kappa shape index (κ1) is 17.3. The topological polar surface area (TPSA) is 87.7 Å². The van der Waals surface area contributed by atoms with Crippen LogP contribution in [0.15, 0.2) is 48.5 Å². The summed E-state index contributed by atoms with van der Waals surface area (Å²) in [6.07, 6.45) is 0. The first-order valence-electron chi connectivity index (χ1n) is 7.37. The fourth-order valence-electron chi connectivity index (χ4n) is 2.17. The lowest BCUT2D eigenvalue weighted by molar-refractivity contribution is -0.255. The van der Waals surface area contributed by atoms with Crippen molar-refractivity contribution in [1.29, 1.82) is 0 Å². The molecule has 0 unspecified atom stereocenters. The number of carbonyl (C=O) groups excluding carboxylic acids is 2. The standard InChI is InChI=1S/C18H19NO5/c1-12(13-6-4-3-5-7-13)19-17(20)11-24-15-9-8-14(18(21)22)10-16(15)23-2/h3-10,12H,11H2,1-2H3,(H,19,20)(H,21,22)/p-1/t12-/m0/s1. The molecule has 1 atom stereocenters. The van der Waals surface area contributed by atoms with E-state index in [1.807, 2.05) is 37.3 Å². The summed E-state index contributed by atoms with van der Waals surface area (Å²) in [6, 6.07) is 13.5. The zero-order chi connectivity index (χ0) is 17.5. The van der Waals surface area contributed by atoms with Crippen molar-refractivity contribution in [2.45, 2.75) is 13.0 Å². The van der Waals surface area contributed by atoms with E-state index in [0.29, 0.717) is 0 Å². The number of carbonyl (C=O) groups is 2. The largest absolute Gasteiger partial charge is 0.545 e. The van der Waals surface area contributed by atoms with Crippen molar-refractivity contribution in [3.8, 4) is 11.5 Å². The van der Waals surface area contributed by atoms with E-state index in [4.69, 9.17) is 9.47 Å². The van der Waals surface area contributed by atoms with Gasteiger partial charge < -0.3 is 24.7 Å². The molecule has 0 heterocycles. The van der Waals surface area contributed by atoms with Crippen LogP contribution in [0.1, 0.15) is 28.9 Å². The Morgan fingerprint density at radius 3 is 2.46 bits per heavy atom. The number of carboxylic acids is 1. The number of hydrogen-bond donors (Lipinski definition) is 1. The summed E-state index contributed by atoms with van der Waals surface area (Å²) in [5.41, 5.74) is 0.961. The highest BCUT2D eigenvalue weighted by molar-refractivity contribution is 5.86. The minimum Gasteiger partial charge on any atom is -0.545 e. The van der Waals surface area contributed by atoms with Crippen LogP contribution in [0.25, 0.3) is 0 Å². The average Bonchev–Trinajstić information content (AvgIpc) is 2.60. The Balaban J connectivity index is 1.95. The molecule has 1 N–H and O–H groups in total. The number of nitrogens with one attached hydrogen (secondary N) is 1. The maximum absolute atomic E-state index is 12.0. The number of benzene rings is 2. The van der Waals surface area contributed by atoms with E-state index in [1.54, 1.807) is 0 Å². The molecular weight excluding hydrogens is 310 g/mol. The number of carboxylic acid groups (broad SMARTS) is 1. The lowest BCUT2D eigenvalue weighted by Crippen LogP contribution is -2.31. The zero-order valence-electron chi connectivity index (χ0n) is 13.4. The molecule has 0 fully saturated rings. The molecule has 24 heavy (non-hydrogen) atoms. The molecule has 2 aromatic rings. The van der Waals surface area contributed by atoms with Crippen LogP contribution < -0.4 is 19.9 Å². The van der Waals surface area contributed by atoms with Crippen LogP contribution in [-0.2, 0) is 4.79 Å². The van der Waals surface area contributed by atoms with E-state index < -0.39 is 5.97 Å². The van der Waals surface area contributed by atoms with Gasteiger partial charge in [-0.15, -0.1) is 0 Å². The average molecular weight is 328 g/mol. The molecule has 6 nitrogen and oxygen atoms in total. The van der Waals surface area contributed by atoms with Crippen LogP contribution >= 0.6 is 0 Å². The van der Waals surface area contributed by atoms with Gasteiger partial charge in [-0.2, -0.15) is 0 Å². The van der Waals surface area contributed by atoms with Crippen molar-refractivity contribution in [3.05, 3.63) is 59.7 Å². The van der Waals surface area contributed by atoms with Crippen molar-refractivity contribution < 1.29 is 24.2 Å². The van der Waals surface area contributed by atoms with Crippen molar-refractivity contribution in [2.24, 2.45) is 0 Å². The van der Waals surface area contributed by atoms with Gasteiger partial charge in [-0.1, -0.05) is 30.3 Å². The van der Waals surface area contributed by atoms with E-state index >= 15 is 0 Å². The van der Waals surface area contributed by atoms with Gasteiger partial charge in [0.25, 0.3) is 5.91 Å². The number of methoxy groups -OCH3 is 1. The Morgan fingerprint density at radius 2 is 1.83 bits per heavy atom. The second-order valence-electron chi connectivity index (χ2n) is 5.14. The molecule has 2 rings (SSSR count). The fraction of sp³-hybridized carbons (Fsp3) is 0.222. The third kappa shape index (κ3) is 4.49. The lowest BCUT2D eigenvalue weighted by atomic mass is 10.1. The fourth-order valence-corrected chi connectivity index (χ4v) is 2.17. The third-order valence-corrected chi connectivity index (χ3v) is 3.44. The van der Waals surface area contributed by atoms with Gasteiger partial charge in [0, 0.05) is 5.56 Å². The number of ether oxygens (including phenoxy) is 2. The third-order valence-electron chi connectivity index (χ3n) is 3.44. The van der Waals surface area contributed by atoms with Crippen LogP contribution in [0.4, 0.5) is 0 Å². The first-order chi connectivity index (χ1) is 11.5. The molecule has 0 spiro atoms. The number of aromatic carboxylic acids is 1. The molecule has 0 saturated carbocycles. The van der Waals surface area contributed by atoms with Gasteiger partial charge in [-0.05, 0) is 30.7 Å². The molecular formula is C18H18NO5-. The summed E-state index contributed by atoms with van der Waals surface area (Å²) in [5.74, 6) is -1.10. The Labute approximate surface area is 140 Å². The second-order valence-corrected chi connectivity index (χ2v) is 5.14. The number of amides is 1. The van der Waals surface area contributed by atoms with E-state index in [-0.39, 0.29) is 35.6 Å². The highest BCUT2D eigenvalue weighted by atomic mass is 16.5. The maximum atomic E-state index is 12.0. The van der Waals surface area contributed by atoms with Gasteiger partial charge in [0.2, 0.25) is 0 Å². The molecule has 2 aromatic carbocycles. The summed E-state index contributed by atoms with van der Waals surface area (Å²) in [6.45, 7) is 1.67. The molecule has 0 aliphatic heterocycles. The molecule has 6 heteroatoms. The van der Waals surface area contributed by atoms with Crippen molar-refractivity contribution in [2.75, 3.05) is 13.7 Å². The highest BCUT2D eigenvalue weighted by Crippen LogP contribution is 2.27. The summed E-state index contributed by atoms with van der Waals surface area (Å²) in [7, 11) is 1.39. The van der Waals surface area contributed by atoms with Gasteiger partial charge in [-0.25, -0.2) is 0 Å². The van der Waals surface area contributed by atoms with E-state index in [9.17, 15) is 14.7 Å². The monoisotopic (exact) mass is 328 g/mol. The molecule has 126 valence electrons. The molecule has 0 aromatic heterocycles. The predicted molar refractivity (Wildman–Crippen MR) is 85.8 cm³/mol. The van der Waals surface area contributed by atoms with Crippen molar-refractivity contribution in [3.63, 3.8) is 0 Å². The number of rotatable bonds is 7. The second kappa shape index (κ2) is 8.01. The Morgan fingerprint density at radius 1 is 1.12 bits per heavy atom. The Kier molecular flexibility index (Phi) is 5.78. The van der Waals surface area contributed by atoms with Crippen LogP contribution in [0.3, 0.4) is 0 Å². The Hall–Kier alpha value is -3.02. The number of hydrogen-bond acceptors (Lipinski definition) is 5. The van der Waals surface area contributed by atoms with Crippen molar-refractivity contribution in [1.82, 2.24) is 5.32 Å². The minimum absolute atomic E-state index is 0.0265. The normalized spacial score (nSPS) is 11.4.